The molecule has 4 atom stereocenters. The Bertz CT molecular complexity index is 1530. The quantitative estimate of drug-likeness (QED) is 0.235. The minimum absolute atomic E-state index is 0.213. The zero-order valence-corrected chi connectivity index (χ0v) is 25.1. The molecule has 0 bridgehead atoms. The number of nitrogens with zero attached hydrogens (tertiary/aromatic N) is 3. The zero-order valence-electron chi connectivity index (χ0n) is 22.8. The minimum Gasteiger partial charge on any atom is -0.459 e. The first-order valence-electron chi connectivity index (χ1n) is 13.7. The predicted octanol–water partition coefficient (Wildman–Crippen LogP) is 8.62. The molecule has 2 aliphatic heterocycles. The number of nitrogens with one attached hydrogen (secondary N) is 1. The number of hydrogen-bond acceptors (Lipinski definition) is 4. The molecular formula is C32H32Cl2N4OS. The smallest absolute Gasteiger partial charge is 0.174 e. The number of hydrogen-bond donors (Lipinski definition) is 1. The summed E-state index contributed by atoms with van der Waals surface area (Å²) in [5.41, 5.74) is 4.80. The third-order valence-electron chi connectivity index (χ3n) is 7.97. The van der Waals surface area contributed by atoms with Gasteiger partial charge in [-0.25, -0.2) is 0 Å². The molecule has 2 saturated heterocycles. The van der Waals surface area contributed by atoms with Gasteiger partial charge in [0.2, 0.25) is 0 Å². The van der Waals surface area contributed by atoms with Crippen molar-refractivity contribution in [3.8, 4) is 11.3 Å². The largest absolute Gasteiger partial charge is 0.459 e. The van der Waals surface area contributed by atoms with E-state index in [-0.39, 0.29) is 12.1 Å². The summed E-state index contributed by atoms with van der Waals surface area (Å²) in [6.45, 7) is 8.64. The van der Waals surface area contributed by atoms with Crippen molar-refractivity contribution in [1.29, 1.82) is 0 Å². The van der Waals surface area contributed by atoms with E-state index in [1.807, 2.05) is 61.5 Å². The van der Waals surface area contributed by atoms with Crippen LogP contribution in [0.1, 0.15) is 49.4 Å². The molecule has 4 aromatic rings. The average molecular weight is 592 g/mol. The molecule has 4 heterocycles. The lowest BCUT2D eigenvalue weighted by Gasteiger charge is -2.37. The zero-order chi connectivity index (χ0) is 28.0. The number of aromatic nitrogens is 1. The van der Waals surface area contributed by atoms with Gasteiger partial charge in [-0.15, -0.1) is 0 Å². The Hall–Kier alpha value is -3.06. The van der Waals surface area contributed by atoms with E-state index < -0.39 is 0 Å². The molecule has 2 aliphatic rings. The summed E-state index contributed by atoms with van der Waals surface area (Å²) in [7, 11) is 0. The summed E-state index contributed by atoms with van der Waals surface area (Å²) >= 11 is 19.3. The van der Waals surface area contributed by atoms with E-state index in [2.05, 4.69) is 46.1 Å². The molecule has 6 rings (SSSR count). The van der Waals surface area contributed by atoms with Crippen LogP contribution in [-0.2, 0) is 0 Å². The number of furan rings is 1. The van der Waals surface area contributed by atoms with Crippen LogP contribution in [0.4, 0.5) is 11.4 Å². The highest BCUT2D eigenvalue weighted by Gasteiger charge is 2.43. The first kappa shape index (κ1) is 27.1. The number of halogens is 2. The van der Waals surface area contributed by atoms with Crippen molar-refractivity contribution in [3.05, 3.63) is 100.0 Å². The van der Waals surface area contributed by atoms with Gasteiger partial charge in [0.05, 0.1) is 22.4 Å². The van der Waals surface area contributed by atoms with E-state index in [0.29, 0.717) is 22.0 Å². The van der Waals surface area contributed by atoms with Gasteiger partial charge in [-0.3, -0.25) is 4.98 Å². The molecule has 206 valence electrons. The second-order valence-corrected chi connectivity index (χ2v) is 12.3. The Labute approximate surface area is 251 Å². The van der Waals surface area contributed by atoms with Gasteiger partial charge in [0.25, 0.3) is 0 Å². The highest BCUT2D eigenvalue weighted by molar-refractivity contribution is 7.80. The van der Waals surface area contributed by atoms with E-state index in [0.717, 1.165) is 57.8 Å². The Kier molecular flexibility index (Phi) is 7.51. The first-order chi connectivity index (χ1) is 19.3. The highest BCUT2D eigenvalue weighted by Crippen LogP contribution is 2.45. The number of thiocarbonyl (C=S) groups is 1. The number of benzene rings is 2. The second-order valence-electron chi connectivity index (χ2n) is 11.1. The fourth-order valence-corrected chi connectivity index (χ4v) is 7.03. The molecule has 0 radical (unpaired) electrons. The van der Waals surface area contributed by atoms with Crippen LogP contribution >= 0.6 is 35.4 Å². The van der Waals surface area contributed by atoms with Crippen LogP contribution in [0.25, 0.3) is 11.3 Å². The van der Waals surface area contributed by atoms with Gasteiger partial charge >= 0.3 is 0 Å². The molecule has 2 fully saturated rings. The summed E-state index contributed by atoms with van der Waals surface area (Å²) in [5.74, 6) is 2.80. The Morgan fingerprint density at radius 1 is 0.950 bits per heavy atom. The number of piperidine rings is 1. The van der Waals surface area contributed by atoms with Gasteiger partial charge in [0.1, 0.15) is 17.6 Å². The fourth-order valence-electron chi connectivity index (χ4n) is 6.21. The van der Waals surface area contributed by atoms with Crippen molar-refractivity contribution in [3.63, 3.8) is 0 Å². The summed E-state index contributed by atoms with van der Waals surface area (Å²) < 4.78 is 6.55. The molecule has 2 aromatic heterocycles. The molecule has 0 amide bonds. The average Bonchev–Trinajstić information content (AvgIpc) is 3.54. The third-order valence-corrected chi connectivity index (χ3v) is 9.00. The summed E-state index contributed by atoms with van der Waals surface area (Å²) in [5, 5.41) is 5.53. The van der Waals surface area contributed by atoms with Crippen LogP contribution in [-0.4, -0.2) is 23.2 Å². The van der Waals surface area contributed by atoms with Gasteiger partial charge in [-0.2, -0.15) is 0 Å². The van der Waals surface area contributed by atoms with Crippen molar-refractivity contribution in [2.75, 3.05) is 22.9 Å². The summed E-state index contributed by atoms with van der Waals surface area (Å²) in [6, 6.07) is 21.6. The van der Waals surface area contributed by atoms with Crippen LogP contribution in [0.15, 0.2) is 77.3 Å². The maximum atomic E-state index is 6.97. The van der Waals surface area contributed by atoms with Gasteiger partial charge in [0.15, 0.2) is 5.11 Å². The van der Waals surface area contributed by atoms with Gasteiger partial charge in [0, 0.05) is 35.6 Å². The van der Waals surface area contributed by atoms with E-state index >= 15 is 0 Å². The molecule has 0 unspecified atom stereocenters. The first-order valence-corrected chi connectivity index (χ1v) is 14.9. The molecule has 1 N–H and O–H groups in total. The highest BCUT2D eigenvalue weighted by atomic mass is 35.5. The van der Waals surface area contributed by atoms with E-state index in [4.69, 9.17) is 39.8 Å². The van der Waals surface area contributed by atoms with E-state index in [1.165, 1.54) is 6.42 Å². The van der Waals surface area contributed by atoms with Crippen LogP contribution in [0, 0.1) is 18.8 Å². The van der Waals surface area contributed by atoms with Crippen LogP contribution in [0.3, 0.4) is 0 Å². The Morgan fingerprint density at radius 2 is 1.75 bits per heavy atom. The molecule has 0 saturated carbocycles. The van der Waals surface area contributed by atoms with Crippen LogP contribution < -0.4 is 15.1 Å². The maximum absolute atomic E-state index is 6.97. The molecular weight excluding hydrogens is 559 g/mol. The van der Waals surface area contributed by atoms with Gasteiger partial charge < -0.3 is 19.5 Å². The van der Waals surface area contributed by atoms with Gasteiger partial charge in [-0.05, 0) is 91.5 Å². The predicted molar refractivity (Wildman–Crippen MR) is 168 cm³/mol. The van der Waals surface area contributed by atoms with Crippen molar-refractivity contribution in [2.45, 2.75) is 39.3 Å². The van der Waals surface area contributed by atoms with Gasteiger partial charge in [-0.1, -0.05) is 55.2 Å². The Morgan fingerprint density at radius 3 is 2.48 bits per heavy atom. The lowest BCUT2D eigenvalue weighted by atomic mass is 9.91. The third kappa shape index (κ3) is 5.09. The SMILES string of the molecule is Cc1c(Cl)cccc1-c1ccc([C@H]2[C@@H](c3ccccn3)NC(=S)N2c2ccc(N3C[C@H](C)C[C@H](C)C3)c(Cl)c2)o1. The molecule has 40 heavy (non-hydrogen) atoms. The lowest BCUT2D eigenvalue weighted by Crippen LogP contribution is -2.38. The van der Waals surface area contributed by atoms with Crippen molar-refractivity contribution in [1.82, 2.24) is 10.3 Å². The van der Waals surface area contributed by atoms with Crippen molar-refractivity contribution in [2.24, 2.45) is 11.8 Å². The topological polar surface area (TPSA) is 44.5 Å². The number of pyridine rings is 1. The summed E-state index contributed by atoms with van der Waals surface area (Å²) in [4.78, 5) is 9.16. The Balaban J connectivity index is 1.40. The maximum Gasteiger partial charge on any atom is 0.174 e. The second kappa shape index (κ2) is 11.1. The number of anilines is 2. The van der Waals surface area contributed by atoms with Crippen LogP contribution in [0.5, 0.6) is 0 Å². The monoisotopic (exact) mass is 590 g/mol. The standard InChI is InChI=1S/C32H32Cl2N4OS/c1-19-15-20(2)18-37(17-19)27-11-10-22(16-25(27)34)38-31(30(36-32(38)40)26-9-4-5-14-35-26)29-13-12-28(39-29)23-7-6-8-24(33)21(23)3/h4-14,16,19-20,30-31H,15,17-18H2,1-3H3,(H,36,40)/t19-,20+,30-,31+/m1/s1. The van der Waals surface area contributed by atoms with E-state index in [9.17, 15) is 0 Å². The molecule has 0 aliphatic carbocycles. The normalized spacial score (nSPS) is 23.0. The van der Waals surface area contributed by atoms with Crippen molar-refractivity contribution >= 4 is 51.9 Å². The number of rotatable bonds is 5. The van der Waals surface area contributed by atoms with E-state index in [1.54, 1.807) is 6.20 Å². The molecule has 2 aromatic carbocycles. The van der Waals surface area contributed by atoms with Crippen molar-refractivity contribution < 1.29 is 4.42 Å². The molecule has 5 nitrogen and oxygen atoms in total. The fraction of sp³-hybridized carbons (Fsp3) is 0.312. The van der Waals surface area contributed by atoms with Crippen LogP contribution in [0.2, 0.25) is 10.0 Å². The summed E-state index contributed by atoms with van der Waals surface area (Å²) in [6.07, 6.45) is 3.05. The molecule has 0 spiro atoms. The lowest BCUT2D eigenvalue weighted by molar-refractivity contribution is 0.357. The molecule has 8 heteroatoms. The minimum atomic E-state index is -0.271.